The van der Waals surface area contributed by atoms with E-state index in [0.29, 0.717) is 38.1 Å². The van der Waals surface area contributed by atoms with Crippen LogP contribution in [0.3, 0.4) is 0 Å². The lowest BCUT2D eigenvalue weighted by molar-refractivity contribution is -0.113. The van der Waals surface area contributed by atoms with Crippen molar-refractivity contribution in [2.45, 2.75) is 24.1 Å². The minimum absolute atomic E-state index is 0.132. The first-order valence-corrected chi connectivity index (χ1v) is 14.1. The maximum atomic E-state index is 12.4. The zero-order valence-corrected chi connectivity index (χ0v) is 23.2. The fourth-order valence-corrected chi connectivity index (χ4v) is 6.68. The van der Waals surface area contributed by atoms with Crippen LogP contribution in [0.2, 0.25) is 20.1 Å². The Bertz CT molecular complexity index is 1340. The molecule has 4 rings (SSSR count). The number of aromatic nitrogens is 2. The van der Waals surface area contributed by atoms with Gasteiger partial charge in [0.1, 0.15) is 0 Å². The van der Waals surface area contributed by atoms with E-state index in [9.17, 15) is 4.79 Å². The SMILES string of the molecule is Cc1nc(SCC(=O)Nc2ncc(Cc3ccc(Cl)c(Cl)c3)s2)sc1Cc1cc(Cl)ccc1Cl. The highest BCUT2D eigenvalue weighted by Gasteiger charge is 2.14. The van der Waals surface area contributed by atoms with Crippen molar-refractivity contribution in [3.05, 3.63) is 89.3 Å². The number of carbonyl (C=O) groups excluding carboxylic acids is 1. The van der Waals surface area contributed by atoms with E-state index in [4.69, 9.17) is 46.4 Å². The molecule has 0 unspecified atom stereocenters. The van der Waals surface area contributed by atoms with Crippen molar-refractivity contribution in [2.24, 2.45) is 0 Å². The van der Waals surface area contributed by atoms with Gasteiger partial charge in [-0.1, -0.05) is 64.2 Å². The number of thiazole rings is 2. The lowest BCUT2D eigenvalue weighted by Gasteiger charge is -2.03. The molecule has 0 atom stereocenters. The Kier molecular flexibility index (Phi) is 8.80. The summed E-state index contributed by atoms with van der Waals surface area (Å²) in [5, 5.41) is 5.79. The second-order valence-corrected chi connectivity index (χ2v) is 12.4. The fourth-order valence-electron chi connectivity index (χ4n) is 3.06. The van der Waals surface area contributed by atoms with Gasteiger partial charge < -0.3 is 5.32 Å². The average molecular weight is 589 g/mol. The number of carbonyl (C=O) groups is 1. The summed E-state index contributed by atoms with van der Waals surface area (Å²) in [6, 6.07) is 11.0. The first kappa shape index (κ1) is 25.8. The molecule has 176 valence electrons. The van der Waals surface area contributed by atoms with Crippen LogP contribution in [0.1, 0.15) is 26.6 Å². The summed E-state index contributed by atoms with van der Waals surface area (Å²) in [5.74, 6) is 0.110. The van der Waals surface area contributed by atoms with Gasteiger partial charge in [0.15, 0.2) is 9.47 Å². The van der Waals surface area contributed by atoms with E-state index in [1.54, 1.807) is 35.7 Å². The van der Waals surface area contributed by atoms with E-state index in [1.807, 2.05) is 25.1 Å². The molecule has 2 aromatic heterocycles. The molecule has 2 aromatic carbocycles. The Labute approximate surface area is 229 Å². The number of amides is 1. The molecule has 0 aliphatic carbocycles. The molecule has 0 radical (unpaired) electrons. The normalized spacial score (nSPS) is 11.1. The van der Waals surface area contributed by atoms with Crippen LogP contribution in [0.25, 0.3) is 0 Å². The zero-order valence-electron chi connectivity index (χ0n) is 17.7. The molecule has 0 saturated carbocycles. The van der Waals surface area contributed by atoms with Crippen molar-refractivity contribution in [2.75, 3.05) is 11.1 Å². The van der Waals surface area contributed by atoms with Crippen LogP contribution in [0, 0.1) is 6.92 Å². The highest BCUT2D eigenvalue weighted by atomic mass is 35.5. The maximum Gasteiger partial charge on any atom is 0.236 e. The summed E-state index contributed by atoms with van der Waals surface area (Å²) >= 11 is 28.8. The molecule has 0 fully saturated rings. The summed E-state index contributed by atoms with van der Waals surface area (Å²) in [6.45, 7) is 1.96. The van der Waals surface area contributed by atoms with Crippen LogP contribution in [-0.4, -0.2) is 21.6 Å². The van der Waals surface area contributed by atoms with E-state index in [-0.39, 0.29) is 11.7 Å². The largest absolute Gasteiger partial charge is 0.301 e. The molecular weight excluding hydrogens is 572 g/mol. The van der Waals surface area contributed by atoms with Crippen LogP contribution in [0.15, 0.2) is 46.9 Å². The van der Waals surface area contributed by atoms with E-state index in [2.05, 4.69) is 15.3 Å². The molecule has 34 heavy (non-hydrogen) atoms. The van der Waals surface area contributed by atoms with Crippen molar-refractivity contribution >= 4 is 91.9 Å². The lowest BCUT2D eigenvalue weighted by Crippen LogP contribution is -2.13. The van der Waals surface area contributed by atoms with Gasteiger partial charge in [-0.15, -0.1) is 22.7 Å². The van der Waals surface area contributed by atoms with Gasteiger partial charge in [0, 0.05) is 38.8 Å². The highest BCUT2D eigenvalue weighted by molar-refractivity contribution is 8.01. The Morgan fingerprint density at radius 1 is 1.00 bits per heavy atom. The Hall–Kier alpha value is -1.32. The topological polar surface area (TPSA) is 54.9 Å². The molecule has 4 aromatic rings. The molecule has 0 bridgehead atoms. The van der Waals surface area contributed by atoms with Gasteiger partial charge in [0.25, 0.3) is 0 Å². The van der Waals surface area contributed by atoms with Crippen molar-refractivity contribution in [1.29, 1.82) is 0 Å². The molecule has 0 saturated heterocycles. The maximum absolute atomic E-state index is 12.4. The zero-order chi connectivity index (χ0) is 24.2. The van der Waals surface area contributed by atoms with E-state index in [1.165, 1.54) is 23.1 Å². The first-order chi connectivity index (χ1) is 16.3. The molecule has 0 spiro atoms. The predicted octanol–water partition coefficient (Wildman–Crippen LogP) is 8.43. The molecule has 1 amide bonds. The number of rotatable bonds is 8. The number of nitrogens with zero attached hydrogens (tertiary/aromatic N) is 2. The number of halogens is 4. The quantitative estimate of drug-likeness (QED) is 0.210. The number of hydrogen-bond acceptors (Lipinski definition) is 6. The standard InChI is InChI=1S/C23H17Cl4N3OS3/c1-12-20(9-14-8-15(24)3-5-17(14)25)34-23(29-12)32-11-21(31)30-22-28-10-16(33-22)6-13-2-4-18(26)19(27)7-13/h2-5,7-8,10H,6,9,11H2,1H3,(H,28,30,31). The molecular formula is C23H17Cl4N3OS3. The van der Waals surface area contributed by atoms with E-state index in [0.717, 1.165) is 30.9 Å². The summed E-state index contributed by atoms with van der Waals surface area (Å²) in [6.07, 6.45) is 3.07. The monoisotopic (exact) mass is 587 g/mol. The third-order valence-corrected chi connectivity index (χ3v) is 9.28. The summed E-state index contributed by atoms with van der Waals surface area (Å²) in [7, 11) is 0. The number of benzene rings is 2. The highest BCUT2D eigenvalue weighted by Crippen LogP contribution is 2.32. The third kappa shape index (κ3) is 6.88. The third-order valence-electron chi connectivity index (χ3n) is 4.72. The molecule has 1 N–H and O–H groups in total. The smallest absolute Gasteiger partial charge is 0.236 e. The van der Waals surface area contributed by atoms with Gasteiger partial charge in [-0.25, -0.2) is 9.97 Å². The molecule has 4 nitrogen and oxygen atoms in total. The lowest BCUT2D eigenvalue weighted by atomic mass is 10.1. The van der Waals surface area contributed by atoms with Gasteiger partial charge in [-0.3, -0.25) is 4.79 Å². The van der Waals surface area contributed by atoms with Crippen LogP contribution in [0.5, 0.6) is 0 Å². The van der Waals surface area contributed by atoms with Crippen molar-refractivity contribution < 1.29 is 4.79 Å². The first-order valence-electron chi connectivity index (χ1n) is 9.98. The average Bonchev–Trinajstić information content (AvgIpc) is 3.37. The molecule has 11 heteroatoms. The second-order valence-electron chi connectivity index (χ2n) is 7.29. The van der Waals surface area contributed by atoms with E-state index >= 15 is 0 Å². The van der Waals surface area contributed by atoms with Crippen LogP contribution < -0.4 is 5.32 Å². The van der Waals surface area contributed by atoms with Crippen molar-refractivity contribution in [3.63, 3.8) is 0 Å². The van der Waals surface area contributed by atoms with Crippen molar-refractivity contribution in [1.82, 2.24) is 9.97 Å². The molecule has 0 aliphatic rings. The Morgan fingerprint density at radius 3 is 2.59 bits per heavy atom. The summed E-state index contributed by atoms with van der Waals surface area (Å²) in [5.41, 5.74) is 2.91. The number of thioether (sulfide) groups is 1. The number of nitrogens with one attached hydrogen (secondary N) is 1. The summed E-state index contributed by atoms with van der Waals surface area (Å²) < 4.78 is 0.834. The minimum Gasteiger partial charge on any atom is -0.301 e. The van der Waals surface area contributed by atoms with Crippen LogP contribution in [0.4, 0.5) is 5.13 Å². The summed E-state index contributed by atoms with van der Waals surface area (Å²) in [4.78, 5) is 23.5. The Balaban J connectivity index is 1.31. The Morgan fingerprint density at radius 2 is 1.79 bits per heavy atom. The van der Waals surface area contributed by atoms with Gasteiger partial charge in [-0.2, -0.15) is 0 Å². The van der Waals surface area contributed by atoms with Crippen LogP contribution >= 0.6 is 80.8 Å². The van der Waals surface area contributed by atoms with E-state index < -0.39 is 0 Å². The molecule has 0 aliphatic heterocycles. The predicted molar refractivity (Wildman–Crippen MR) is 147 cm³/mol. The van der Waals surface area contributed by atoms with Gasteiger partial charge in [0.2, 0.25) is 5.91 Å². The molecule has 2 heterocycles. The van der Waals surface area contributed by atoms with Crippen molar-refractivity contribution in [3.8, 4) is 0 Å². The van der Waals surface area contributed by atoms with Gasteiger partial charge >= 0.3 is 0 Å². The number of anilines is 1. The number of hydrogen-bond donors (Lipinski definition) is 1. The van der Waals surface area contributed by atoms with Gasteiger partial charge in [-0.05, 0) is 48.4 Å². The minimum atomic E-state index is -0.132. The second kappa shape index (κ2) is 11.6. The van der Waals surface area contributed by atoms with Crippen LogP contribution in [-0.2, 0) is 17.6 Å². The fraction of sp³-hybridized carbons (Fsp3) is 0.174. The number of aryl methyl sites for hydroxylation is 1. The van der Waals surface area contributed by atoms with Gasteiger partial charge in [0.05, 0.1) is 21.5 Å².